The third-order valence-corrected chi connectivity index (χ3v) is 7.04. The first-order valence-corrected chi connectivity index (χ1v) is 11.9. The summed E-state index contributed by atoms with van der Waals surface area (Å²) < 4.78 is 0. The summed E-state index contributed by atoms with van der Waals surface area (Å²) in [6.07, 6.45) is 7.44. The summed E-state index contributed by atoms with van der Waals surface area (Å²) in [5.41, 5.74) is 5.66. The topological polar surface area (TPSA) is 58.1 Å². The van der Waals surface area contributed by atoms with Crippen LogP contribution >= 0.6 is 0 Å². The van der Waals surface area contributed by atoms with E-state index in [0.717, 1.165) is 61.7 Å². The van der Waals surface area contributed by atoms with Crippen LogP contribution in [0.2, 0.25) is 0 Å². The molecule has 1 aromatic heterocycles. The third-order valence-electron chi connectivity index (χ3n) is 7.04. The summed E-state index contributed by atoms with van der Waals surface area (Å²) >= 11 is 0. The lowest BCUT2D eigenvalue weighted by Gasteiger charge is -2.23. The minimum absolute atomic E-state index is 0.111. The van der Waals surface area contributed by atoms with Crippen LogP contribution < -0.4 is 5.32 Å². The van der Waals surface area contributed by atoms with Crippen molar-refractivity contribution in [2.75, 3.05) is 13.1 Å². The Morgan fingerprint density at radius 1 is 1.03 bits per heavy atom. The zero-order chi connectivity index (χ0) is 21.8. The van der Waals surface area contributed by atoms with E-state index in [4.69, 9.17) is 9.97 Å². The van der Waals surface area contributed by atoms with Gasteiger partial charge in [0.2, 0.25) is 5.91 Å². The van der Waals surface area contributed by atoms with Gasteiger partial charge in [-0.05, 0) is 57.7 Å². The van der Waals surface area contributed by atoms with E-state index in [1.807, 2.05) is 13.8 Å². The summed E-state index contributed by atoms with van der Waals surface area (Å²) in [7, 11) is 0. The molecule has 0 bridgehead atoms. The molecular formula is C26H36N4O. The van der Waals surface area contributed by atoms with Crippen LogP contribution in [0.15, 0.2) is 24.3 Å². The summed E-state index contributed by atoms with van der Waals surface area (Å²) in [6, 6.07) is 8.97. The van der Waals surface area contributed by atoms with Crippen molar-refractivity contribution in [1.82, 2.24) is 20.2 Å². The average molecular weight is 421 g/mol. The van der Waals surface area contributed by atoms with E-state index in [2.05, 4.69) is 41.4 Å². The molecule has 0 spiro atoms. The van der Waals surface area contributed by atoms with E-state index < -0.39 is 0 Å². The normalized spacial score (nSPS) is 20.2. The van der Waals surface area contributed by atoms with Gasteiger partial charge in [-0.1, -0.05) is 43.5 Å². The molecule has 1 N–H and O–H groups in total. The smallest absolute Gasteiger partial charge is 0.224 e. The van der Waals surface area contributed by atoms with Crippen molar-refractivity contribution >= 4 is 5.91 Å². The summed E-state index contributed by atoms with van der Waals surface area (Å²) in [4.78, 5) is 24.8. The number of nitrogens with zero attached hydrogens (tertiary/aromatic N) is 3. The van der Waals surface area contributed by atoms with Crippen LogP contribution in [0.25, 0.3) is 0 Å². The van der Waals surface area contributed by atoms with Crippen LogP contribution in [-0.4, -0.2) is 39.9 Å². The zero-order valence-corrected chi connectivity index (χ0v) is 19.3. The van der Waals surface area contributed by atoms with E-state index in [1.165, 1.54) is 30.4 Å². The van der Waals surface area contributed by atoms with Gasteiger partial charge < -0.3 is 5.32 Å². The number of carbonyl (C=O) groups excluding carboxylic acids is 1. The molecule has 1 aromatic carbocycles. The Morgan fingerprint density at radius 2 is 1.74 bits per heavy atom. The molecule has 0 radical (unpaired) electrons. The van der Waals surface area contributed by atoms with Gasteiger partial charge in [0.15, 0.2) is 0 Å². The molecular weight excluding hydrogens is 384 g/mol. The van der Waals surface area contributed by atoms with Crippen molar-refractivity contribution in [1.29, 1.82) is 0 Å². The maximum Gasteiger partial charge on any atom is 0.224 e. The van der Waals surface area contributed by atoms with Gasteiger partial charge in [-0.3, -0.25) is 9.69 Å². The van der Waals surface area contributed by atoms with Crippen molar-refractivity contribution < 1.29 is 4.79 Å². The van der Waals surface area contributed by atoms with Crippen LogP contribution in [0.5, 0.6) is 0 Å². The quantitative estimate of drug-likeness (QED) is 0.753. The predicted octanol–water partition coefficient (Wildman–Crippen LogP) is 4.38. The second-order valence-corrected chi connectivity index (χ2v) is 9.46. The van der Waals surface area contributed by atoms with Crippen LogP contribution in [0.3, 0.4) is 0 Å². The lowest BCUT2D eigenvalue weighted by molar-refractivity contribution is -0.121. The number of rotatable bonds is 6. The molecule has 1 amide bonds. The van der Waals surface area contributed by atoms with Gasteiger partial charge in [-0.2, -0.15) is 0 Å². The lowest BCUT2D eigenvalue weighted by Crippen LogP contribution is -2.37. The number of hydrogen-bond acceptors (Lipinski definition) is 4. The Kier molecular flexibility index (Phi) is 7.01. The van der Waals surface area contributed by atoms with Crippen LogP contribution in [0.1, 0.15) is 78.3 Å². The molecule has 4 rings (SSSR count). The molecule has 1 saturated heterocycles. The fourth-order valence-electron chi connectivity index (χ4n) is 5.11. The van der Waals surface area contributed by atoms with Crippen molar-refractivity contribution in [3.8, 4) is 0 Å². The van der Waals surface area contributed by atoms with Gasteiger partial charge in [0.1, 0.15) is 5.82 Å². The number of carbonyl (C=O) groups is 1. The molecule has 5 heteroatoms. The van der Waals surface area contributed by atoms with Crippen LogP contribution in [-0.2, 0) is 17.8 Å². The van der Waals surface area contributed by atoms with Gasteiger partial charge in [-0.25, -0.2) is 9.97 Å². The van der Waals surface area contributed by atoms with E-state index in [1.54, 1.807) is 0 Å². The minimum atomic E-state index is 0.111. The molecule has 1 atom stereocenters. The van der Waals surface area contributed by atoms with Crippen molar-refractivity contribution in [2.45, 2.75) is 84.2 Å². The largest absolute Gasteiger partial charge is 0.353 e. The molecule has 2 aliphatic rings. The molecule has 2 aromatic rings. The second-order valence-electron chi connectivity index (χ2n) is 9.46. The fraction of sp³-hybridized carbons (Fsp3) is 0.577. The van der Waals surface area contributed by atoms with E-state index in [-0.39, 0.29) is 5.91 Å². The SMILES string of the molecule is Cc1ccccc1CN1CC[C@@H](c2nc(C)c(CC(=O)NC3CCCCC3)c(C)n2)C1. The zero-order valence-electron chi connectivity index (χ0n) is 19.3. The molecule has 5 nitrogen and oxygen atoms in total. The summed E-state index contributed by atoms with van der Waals surface area (Å²) in [6.45, 7) is 9.30. The number of hydrogen-bond donors (Lipinski definition) is 1. The van der Waals surface area contributed by atoms with E-state index in [9.17, 15) is 4.79 Å². The van der Waals surface area contributed by atoms with Gasteiger partial charge in [0, 0.05) is 42.0 Å². The first-order valence-electron chi connectivity index (χ1n) is 11.9. The fourth-order valence-corrected chi connectivity index (χ4v) is 5.11. The highest BCUT2D eigenvalue weighted by Crippen LogP contribution is 2.28. The highest BCUT2D eigenvalue weighted by Gasteiger charge is 2.27. The van der Waals surface area contributed by atoms with Gasteiger partial charge in [0.25, 0.3) is 0 Å². The number of aromatic nitrogens is 2. The monoisotopic (exact) mass is 420 g/mol. The van der Waals surface area contributed by atoms with Crippen molar-refractivity contribution in [3.63, 3.8) is 0 Å². The highest BCUT2D eigenvalue weighted by atomic mass is 16.1. The van der Waals surface area contributed by atoms with Crippen LogP contribution in [0.4, 0.5) is 0 Å². The molecule has 166 valence electrons. The van der Waals surface area contributed by atoms with E-state index in [0.29, 0.717) is 18.4 Å². The number of benzene rings is 1. The number of nitrogens with one attached hydrogen (secondary N) is 1. The second kappa shape index (κ2) is 9.90. The minimum Gasteiger partial charge on any atom is -0.353 e. The molecule has 1 saturated carbocycles. The number of amides is 1. The summed E-state index contributed by atoms with van der Waals surface area (Å²) in [5, 5.41) is 3.22. The Balaban J connectivity index is 1.38. The highest BCUT2D eigenvalue weighted by molar-refractivity contribution is 5.79. The molecule has 31 heavy (non-hydrogen) atoms. The molecule has 2 fully saturated rings. The maximum absolute atomic E-state index is 12.6. The van der Waals surface area contributed by atoms with Gasteiger partial charge in [0.05, 0.1) is 6.42 Å². The predicted molar refractivity (Wildman–Crippen MR) is 124 cm³/mol. The van der Waals surface area contributed by atoms with Crippen LogP contribution in [0, 0.1) is 20.8 Å². The summed E-state index contributed by atoms with van der Waals surface area (Å²) in [5.74, 6) is 1.42. The van der Waals surface area contributed by atoms with Gasteiger partial charge in [-0.15, -0.1) is 0 Å². The first kappa shape index (κ1) is 21.9. The average Bonchev–Trinajstić information content (AvgIpc) is 3.22. The maximum atomic E-state index is 12.6. The Bertz CT molecular complexity index is 896. The van der Waals surface area contributed by atoms with Gasteiger partial charge >= 0.3 is 0 Å². The lowest BCUT2D eigenvalue weighted by atomic mass is 9.95. The Hall–Kier alpha value is -2.27. The Morgan fingerprint density at radius 3 is 2.45 bits per heavy atom. The Labute approximate surface area is 186 Å². The molecule has 1 aliphatic heterocycles. The molecule has 1 aliphatic carbocycles. The third kappa shape index (κ3) is 5.51. The molecule has 2 heterocycles. The number of likely N-dealkylation sites (tertiary alicyclic amines) is 1. The standard InChI is InChI=1S/C26H36N4O/c1-18-9-7-8-10-21(18)16-30-14-13-22(17-30)26-27-19(2)24(20(3)28-26)15-25(31)29-23-11-5-4-6-12-23/h7-10,22-23H,4-6,11-17H2,1-3H3,(H,29,31)/t22-/m1/s1. The van der Waals surface area contributed by atoms with Crippen molar-refractivity contribution in [3.05, 3.63) is 58.2 Å². The first-order chi connectivity index (χ1) is 15.0. The number of aryl methyl sites for hydroxylation is 3. The molecule has 0 unspecified atom stereocenters. The van der Waals surface area contributed by atoms with E-state index >= 15 is 0 Å². The van der Waals surface area contributed by atoms with Crippen molar-refractivity contribution in [2.24, 2.45) is 0 Å².